The Balaban J connectivity index is 2.32. The van der Waals surface area contributed by atoms with Crippen molar-refractivity contribution in [2.75, 3.05) is 5.32 Å². The van der Waals surface area contributed by atoms with Gasteiger partial charge in [0.15, 0.2) is 0 Å². The van der Waals surface area contributed by atoms with Gasteiger partial charge in [0.25, 0.3) is 5.91 Å². The SMILES string of the molecule is CCc1cccc(C)c1NC(=O)c1cc(C)cc(C)c1. The van der Waals surface area contributed by atoms with E-state index in [0.29, 0.717) is 5.56 Å². The van der Waals surface area contributed by atoms with Crippen molar-refractivity contribution in [2.45, 2.75) is 34.1 Å². The predicted molar refractivity (Wildman–Crippen MR) is 84.4 cm³/mol. The van der Waals surface area contributed by atoms with Crippen molar-refractivity contribution in [1.82, 2.24) is 0 Å². The maximum atomic E-state index is 12.4. The van der Waals surface area contributed by atoms with Crippen LogP contribution in [-0.2, 0) is 6.42 Å². The lowest BCUT2D eigenvalue weighted by molar-refractivity contribution is 0.102. The Kier molecular flexibility index (Phi) is 4.23. The summed E-state index contributed by atoms with van der Waals surface area (Å²) < 4.78 is 0. The second-order valence-corrected chi connectivity index (χ2v) is 5.29. The van der Waals surface area contributed by atoms with Crippen LogP contribution in [0.4, 0.5) is 5.69 Å². The van der Waals surface area contributed by atoms with E-state index in [1.165, 1.54) is 5.56 Å². The lowest BCUT2D eigenvalue weighted by Crippen LogP contribution is -2.14. The molecular weight excluding hydrogens is 246 g/mol. The van der Waals surface area contributed by atoms with Crippen molar-refractivity contribution in [2.24, 2.45) is 0 Å². The maximum Gasteiger partial charge on any atom is 0.255 e. The summed E-state index contributed by atoms with van der Waals surface area (Å²) in [5, 5.41) is 3.06. The highest BCUT2D eigenvalue weighted by Crippen LogP contribution is 2.22. The highest BCUT2D eigenvalue weighted by atomic mass is 16.1. The molecule has 0 fully saturated rings. The van der Waals surface area contributed by atoms with Gasteiger partial charge in [0.2, 0.25) is 0 Å². The maximum absolute atomic E-state index is 12.4. The molecule has 0 heterocycles. The number of rotatable bonds is 3. The number of carbonyl (C=O) groups is 1. The van der Waals surface area contributed by atoms with E-state index in [-0.39, 0.29) is 5.91 Å². The minimum absolute atomic E-state index is 0.0409. The van der Waals surface area contributed by atoms with E-state index < -0.39 is 0 Å². The Labute approximate surface area is 120 Å². The van der Waals surface area contributed by atoms with Crippen LogP contribution in [0.25, 0.3) is 0 Å². The lowest BCUT2D eigenvalue weighted by Gasteiger charge is -2.13. The molecular formula is C18H21NO. The van der Waals surface area contributed by atoms with Gasteiger partial charge in [-0.3, -0.25) is 4.79 Å². The number of anilines is 1. The van der Waals surface area contributed by atoms with E-state index in [0.717, 1.165) is 28.8 Å². The molecule has 0 aromatic heterocycles. The van der Waals surface area contributed by atoms with E-state index in [1.807, 2.05) is 45.0 Å². The molecule has 2 aromatic carbocycles. The molecule has 104 valence electrons. The molecule has 0 radical (unpaired) electrons. The third kappa shape index (κ3) is 3.08. The summed E-state index contributed by atoms with van der Waals surface area (Å²) in [6, 6.07) is 12.0. The topological polar surface area (TPSA) is 29.1 Å². The van der Waals surface area contributed by atoms with Gasteiger partial charge in [0.1, 0.15) is 0 Å². The van der Waals surface area contributed by atoms with Crippen molar-refractivity contribution in [3.05, 3.63) is 64.2 Å². The number of hydrogen-bond acceptors (Lipinski definition) is 1. The second kappa shape index (κ2) is 5.91. The Morgan fingerprint density at radius 2 is 1.70 bits per heavy atom. The minimum Gasteiger partial charge on any atom is -0.321 e. The molecule has 2 heteroatoms. The number of amides is 1. The molecule has 0 aliphatic carbocycles. The van der Waals surface area contributed by atoms with Gasteiger partial charge in [0.05, 0.1) is 0 Å². The number of aryl methyl sites for hydroxylation is 4. The average Bonchev–Trinajstić information content (AvgIpc) is 2.39. The first kappa shape index (κ1) is 14.3. The van der Waals surface area contributed by atoms with Gasteiger partial charge in [-0.05, 0) is 50.5 Å². The normalized spacial score (nSPS) is 10.4. The van der Waals surface area contributed by atoms with Gasteiger partial charge in [-0.25, -0.2) is 0 Å². The van der Waals surface area contributed by atoms with Crippen LogP contribution in [-0.4, -0.2) is 5.91 Å². The second-order valence-electron chi connectivity index (χ2n) is 5.29. The number of hydrogen-bond donors (Lipinski definition) is 1. The number of carbonyl (C=O) groups excluding carboxylic acids is 1. The smallest absolute Gasteiger partial charge is 0.255 e. The summed E-state index contributed by atoms with van der Waals surface area (Å²) >= 11 is 0. The zero-order valence-electron chi connectivity index (χ0n) is 12.6. The summed E-state index contributed by atoms with van der Waals surface area (Å²) in [4.78, 5) is 12.4. The van der Waals surface area contributed by atoms with Gasteiger partial charge < -0.3 is 5.32 Å². The molecule has 2 nitrogen and oxygen atoms in total. The quantitative estimate of drug-likeness (QED) is 0.876. The first-order chi connectivity index (χ1) is 9.51. The van der Waals surface area contributed by atoms with Gasteiger partial charge in [-0.2, -0.15) is 0 Å². The molecule has 0 unspecified atom stereocenters. The fourth-order valence-electron chi connectivity index (χ4n) is 2.49. The Morgan fingerprint density at radius 1 is 1.05 bits per heavy atom. The molecule has 0 saturated carbocycles. The van der Waals surface area contributed by atoms with Crippen molar-refractivity contribution < 1.29 is 4.79 Å². The van der Waals surface area contributed by atoms with E-state index in [1.54, 1.807) is 0 Å². The highest BCUT2D eigenvalue weighted by molar-refractivity contribution is 6.05. The third-order valence-electron chi connectivity index (χ3n) is 3.46. The lowest BCUT2D eigenvalue weighted by atomic mass is 10.0. The number of nitrogens with one attached hydrogen (secondary N) is 1. The first-order valence-corrected chi connectivity index (χ1v) is 6.99. The van der Waals surface area contributed by atoms with Crippen LogP contribution in [0.15, 0.2) is 36.4 Å². The minimum atomic E-state index is -0.0409. The average molecular weight is 267 g/mol. The summed E-state index contributed by atoms with van der Waals surface area (Å²) in [5.74, 6) is -0.0409. The fraction of sp³-hybridized carbons (Fsp3) is 0.278. The summed E-state index contributed by atoms with van der Waals surface area (Å²) in [6.07, 6.45) is 0.907. The molecule has 1 amide bonds. The van der Waals surface area contributed by atoms with Gasteiger partial charge in [-0.15, -0.1) is 0 Å². The third-order valence-corrected chi connectivity index (χ3v) is 3.46. The van der Waals surface area contributed by atoms with E-state index >= 15 is 0 Å². The number of para-hydroxylation sites is 1. The van der Waals surface area contributed by atoms with Gasteiger partial charge >= 0.3 is 0 Å². The largest absolute Gasteiger partial charge is 0.321 e. The highest BCUT2D eigenvalue weighted by Gasteiger charge is 2.11. The summed E-state index contributed by atoms with van der Waals surface area (Å²) in [5.41, 5.74) is 6.14. The molecule has 2 rings (SSSR count). The first-order valence-electron chi connectivity index (χ1n) is 6.99. The van der Waals surface area contributed by atoms with Crippen molar-refractivity contribution in [1.29, 1.82) is 0 Å². The molecule has 0 spiro atoms. The Morgan fingerprint density at radius 3 is 2.30 bits per heavy atom. The standard InChI is InChI=1S/C18H21NO/c1-5-15-8-6-7-14(4)17(15)19-18(20)16-10-12(2)9-13(3)11-16/h6-11H,5H2,1-4H3,(H,19,20). The van der Waals surface area contributed by atoms with Gasteiger partial charge in [0, 0.05) is 11.3 Å². The van der Waals surface area contributed by atoms with Crippen LogP contribution in [0.3, 0.4) is 0 Å². The Bertz CT molecular complexity index is 624. The zero-order valence-corrected chi connectivity index (χ0v) is 12.6. The molecule has 2 aromatic rings. The van der Waals surface area contributed by atoms with Crippen LogP contribution in [0, 0.1) is 20.8 Å². The molecule has 0 atom stereocenters. The van der Waals surface area contributed by atoms with Crippen LogP contribution in [0.1, 0.15) is 39.5 Å². The van der Waals surface area contributed by atoms with Crippen molar-refractivity contribution in [3.8, 4) is 0 Å². The van der Waals surface area contributed by atoms with Crippen LogP contribution in [0.5, 0.6) is 0 Å². The van der Waals surface area contributed by atoms with Crippen LogP contribution < -0.4 is 5.32 Å². The number of benzene rings is 2. The molecule has 0 bridgehead atoms. The van der Waals surface area contributed by atoms with Crippen molar-refractivity contribution in [3.63, 3.8) is 0 Å². The summed E-state index contributed by atoms with van der Waals surface area (Å²) in [6.45, 7) is 8.14. The van der Waals surface area contributed by atoms with Crippen LogP contribution in [0.2, 0.25) is 0 Å². The van der Waals surface area contributed by atoms with Crippen LogP contribution >= 0.6 is 0 Å². The van der Waals surface area contributed by atoms with E-state index in [4.69, 9.17) is 0 Å². The monoisotopic (exact) mass is 267 g/mol. The van der Waals surface area contributed by atoms with Crippen molar-refractivity contribution >= 4 is 11.6 Å². The van der Waals surface area contributed by atoms with E-state index in [9.17, 15) is 4.79 Å². The molecule has 20 heavy (non-hydrogen) atoms. The predicted octanol–water partition coefficient (Wildman–Crippen LogP) is 4.43. The molecule has 1 N–H and O–H groups in total. The zero-order chi connectivity index (χ0) is 14.7. The van der Waals surface area contributed by atoms with Gasteiger partial charge in [-0.1, -0.05) is 42.3 Å². The molecule has 0 aliphatic heterocycles. The summed E-state index contributed by atoms with van der Waals surface area (Å²) in [7, 11) is 0. The molecule has 0 aliphatic rings. The Hall–Kier alpha value is -2.09. The van der Waals surface area contributed by atoms with E-state index in [2.05, 4.69) is 24.4 Å². The fourth-order valence-corrected chi connectivity index (χ4v) is 2.49. The molecule has 0 saturated heterocycles.